The van der Waals surface area contributed by atoms with E-state index in [0.717, 1.165) is 28.0 Å². The third-order valence-corrected chi connectivity index (χ3v) is 7.85. The van der Waals surface area contributed by atoms with Gasteiger partial charge in [-0.2, -0.15) is 8.42 Å². The van der Waals surface area contributed by atoms with Crippen molar-refractivity contribution in [3.63, 3.8) is 0 Å². The molecular formula is C23H27KN2O5S2. The molecule has 0 atom stereocenters. The number of anilines is 1. The molecule has 1 heterocycles. The maximum Gasteiger partial charge on any atom is 1.00 e. The van der Waals surface area contributed by atoms with Crippen molar-refractivity contribution in [1.29, 1.82) is 0 Å². The fourth-order valence-electron chi connectivity index (χ4n) is 3.08. The number of aromatic nitrogens is 1. The van der Waals surface area contributed by atoms with Crippen molar-refractivity contribution in [2.75, 3.05) is 10.8 Å². The molecule has 0 bridgehead atoms. The summed E-state index contributed by atoms with van der Waals surface area (Å²) in [6, 6.07) is 10.1. The average Bonchev–Trinajstić information content (AvgIpc) is 3.28. The van der Waals surface area contributed by atoms with E-state index in [1.165, 1.54) is 22.6 Å². The van der Waals surface area contributed by atoms with Gasteiger partial charge >= 0.3 is 57.4 Å². The number of carboxylic acid groups (broad SMARTS) is 1. The molecule has 1 N–H and O–H groups in total. The largest absolute Gasteiger partial charge is 1.00 e. The Morgan fingerprint density at radius 1 is 1.18 bits per heavy atom. The summed E-state index contributed by atoms with van der Waals surface area (Å²) in [6.07, 6.45) is 1.48. The number of hydrogen-bond acceptors (Lipinski definition) is 6. The predicted octanol–water partition coefficient (Wildman–Crippen LogP) is 2.00. The molecular weight excluding hydrogens is 487 g/mol. The first-order valence-electron chi connectivity index (χ1n) is 10.1. The SMILES string of the molecule is Cc1cc(OCc2ccc(C(=O)O)cc2)c(N(CC(C)C)S(=O)(=O)c2nccs2)cc1C.[H-].[K+]. The van der Waals surface area contributed by atoms with Crippen LogP contribution in [0.1, 0.15) is 42.3 Å². The molecule has 0 aliphatic carbocycles. The molecule has 0 saturated carbocycles. The Balaban J connectivity index is 0.00000289. The van der Waals surface area contributed by atoms with E-state index in [9.17, 15) is 13.2 Å². The third kappa shape index (κ3) is 6.88. The van der Waals surface area contributed by atoms with Crippen LogP contribution in [0.5, 0.6) is 5.75 Å². The Labute approximate surface area is 242 Å². The van der Waals surface area contributed by atoms with Gasteiger partial charge in [-0.25, -0.2) is 9.78 Å². The van der Waals surface area contributed by atoms with Gasteiger partial charge in [-0.1, -0.05) is 26.0 Å². The van der Waals surface area contributed by atoms with Crippen LogP contribution < -0.4 is 60.4 Å². The molecule has 0 aliphatic rings. The van der Waals surface area contributed by atoms with Gasteiger partial charge in [0.2, 0.25) is 4.34 Å². The molecule has 0 radical (unpaired) electrons. The second kappa shape index (κ2) is 11.9. The van der Waals surface area contributed by atoms with Crippen LogP contribution in [0.25, 0.3) is 0 Å². The molecule has 0 saturated heterocycles. The molecule has 3 aromatic rings. The number of nitrogens with zero attached hydrogens (tertiary/aromatic N) is 2. The van der Waals surface area contributed by atoms with Crippen molar-refractivity contribution in [3.8, 4) is 5.75 Å². The van der Waals surface area contributed by atoms with Crippen LogP contribution in [0.15, 0.2) is 52.3 Å². The van der Waals surface area contributed by atoms with E-state index in [2.05, 4.69) is 4.98 Å². The topological polar surface area (TPSA) is 96.8 Å². The molecule has 0 spiro atoms. The van der Waals surface area contributed by atoms with Gasteiger partial charge in [0.25, 0.3) is 10.0 Å². The summed E-state index contributed by atoms with van der Waals surface area (Å²) in [5, 5.41) is 10.7. The minimum Gasteiger partial charge on any atom is -1.00 e. The summed E-state index contributed by atoms with van der Waals surface area (Å²) in [5.74, 6) is -0.482. The van der Waals surface area contributed by atoms with E-state index in [1.54, 1.807) is 17.5 Å². The van der Waals surface area contributed by atoms with Crippen LogP contribution in [0.2, 0.25) is 0 Å². The molecule has 172 valence electrons. The fourth-order valence-corrected chi connectivity index (χ4v) is 5.64. The number of benzene rings is 2. The van der Waals surface area contributed by atoms with Crippen LogP contribution in [0.3, 0.4) is 0 Å². The van der Waals surface area contributed by atoms with Gasteiger partial charge in [-0.05, 0) is 60.7 Å². The van der Waals surface area contributed by atoms with Crippen molar-refractivity contribution < 1.29 is 75.9 Å². The predicted molar refractivity (Wildman–Crippen MR) is 126 cm³/mol. The Kier molecular flexibility index (Phi) is 10.1. The van der Waals surface area contributed by atoms with Gasteiger partial charge in [0.05, 0.1) is 11.3 Å². The Morgan fingerprint density at radius 3 is 2.36 bits per heavy atom. The number of carboxylic acids is 1. The minimum absolute atomic E-state index is 0. The molecule has 33 heavy (non-hydrogen) atoms. The second-order valence-electron chi connectivity index (χ2n) is 7.92. The summed E-state index contributed by atoms with van der Waals surface area (Å²) in [5.41, 5.74) is 3.34. The van der Waals surface area contributed by atoms with E-state index in [1.807, 2.05) is 39.8 Å². The van der Waals surface area contributed by atoms with Gasteiger partial charge < -0.3 is 11.3 Å². The van der Waals surface area contributed by atoms with Gasteiger partial charge in [0, 0.05) is 18.1 Å². The number of ether oxygens (including phenoxy) is 1. The standard InChI is InChI=1S/C23H26N2O5S2.K.H/c1-15(2)13-25(32(28,29)23-24-9-10-31-23)20-11-16(3)17(4)12-21(20)30-14-18-5-7-19(8-6-18)22(26)27;;/h5-12,15H,13-14H2,1-4H3,(H,26,27);;/q;+1;-1. The molecule has 2 aromatic carbocycles. The average molecular weight is 515 g/mol. The monoisotopic (exact) mass is 514 g/mol. The van der Waals surface area contributed by atoms with Gasteiger partial charge in [0.1, 0.15) is 12.4 Å². The van der Waals surface area contributed by atoms with E-state index < -0.39 is 16.0 Å². The fraction of sp³-hybridized carbons (Fsp3) is 0.304. The number of sulfonamides is 1. The molecule has 10 heteroatoms. The molecule has 1 aromatic heterocycles. The molecule has 0 unspecified atom stereocenters. The van der Waals surface area contributed by atoms with E-state index >= 15 is 0 Å². The Morgan fingerprint density at radius 2 is 1.82 bits per heavy atom. The van der Waals surface area contributed by atoms with Crippen molar-refractivity contribution in [2.45, 2.75) is 38.6 Å². The number of hydrogen-bond donors (Lipinski definition) is 1. The summed E-state index contributed by atoms with van der Waals surface area (Å²) in [6.45, 7) is 8.22. The smallest absolute Gasteiger partial charge is 1.00 e. The van der Waals surface area contributed by atoms with Crippen LogP contribution in [-0.2, 0) is 16.6 Å². The number of aryl methyl sites for hydroxylation is 2. The first-order chi connectivity index (χ1) is 15.1. The summed E-state index contributed by atoms with van der Waals surface area (Å²) >= 11 is 1.08. The zero-order valence-electron chi connectivity index (χ0n) is 20.4. The molecule has 0 fully saturated rings. The zero-order chi connectivity index (χ0) is 23.5. The summed E-state index contributed by atoms with van der Waals surface area (Å²) < 4.78 is 34.3. The molecule has 0 amide bonds. The number of carbonyl (C=O) groups is 1. The van der Waals surface area contributed by atoms with Crippen LogP contribution in [0, 0.1) is 19.8 Å². The van der Waals surface area contributed by atoms with E-state index in [4.69, 9.17) is 9.84 Å². The van der Waals surface area contributed by atoms with Crippen molar-refractivity contribution in [2.24, 2.45) is 5.92 Å². The first-order valence-corrected chi connectivity index (χ1v) is 12.4. The van der Waals surface area contributed by atoms with Gasteiger partial charge in [-0.3, -0.25) is 4.31 Å². The van der Waals surface area contributed by atoms with Crippen molar-refractivity contribution in [1.82, 2.24) is 4.98 Å². The normalized spacial score (nSPS) is 11.2. The zero-order valence-corrected chi connectivity index (χ0v) is 24.2. The quantitative estimate of drug-likeness (QED) is 0.439. The minimum atomic E-state index is -3.86. The van der Waals surface area contributed by atoms with Crippen LogP contribution in [-0.4, -0.2) is 31.0 Å². The van der Waals surface area contributed by atoms with Gasteiger partial charge in [-0.15, -0.1) is 11.3 Å². The molecule has 3 rings (SSSR count). The van der Waals surface area contributed by atoms with Crippen molar-refractivity contribution >= 4 is 33.0 Å². The van der Waals surface area contributed by atoms with E-state index in [0.29, 0.717) is 11.4 Å². The van der Waals surface area contributed by atoms with Crippen LogP contribution in [0.4, 0.5) is 5.69 Å². The maximum atomic E-state index is 13.4. The number of rotatable bonds is 9. The number of thiazole rings is 1. The number of aromatic carboxylic acids is 1. The molecule has 0 aliphatic heterocycles. The maximum absolute atomic E-state index is 13.4. The Bertz CT molecular complexity index is 1200. The summed E-state index contributed by atoms with van der Waals surface area (Å²) in [4.78, 5) is 15.1. The van der Waals surface area contributed by atoms with Crippen molar-refractivity contribution in [3.05, 3.63) is 70.2 Å². The third-order valence-electron chi connectivity index (χ3n) is 4.89. The first kappa shape index (κ1) is 28.0. The summed E-state index contributed by atoms with van der Waals surface area (Å²) in [7, 11) is -3.86. The van der Waals surface area contributed by atoms with Crippen LogP contribution >= 0.6 is 11.3 Å². The van der Waals surface area contributed by atoms with E-state index in [-0.39, 0.29) is 81.8 Å². The Hall–Kier alpha value is -1.27. The van der Waals surface area contributed by atoms with Gasteiger partial charge in [0.15, 0.2) is 0 Å². The second-order valence-corrected chi connectivity index (χ2v) is 10.9. The molecule has 7 nitrogen and oxygen atoms in total.